The van der Waals surface area contributed by atoms with Crippen LogP contribution in [0, 0.1) is 0 Å². The Morgan fingerprint density at radius 3 is 1.32 bits per heavy atom. The number of quaternary nitrogens is 1. The molecule has 0 aliphatic rings. The molecule has 0 rings (SSSR count). The van der Waals surface area contributed by atoms with Crippen LogP contribution in [0.3, 0.4) is 0 Å². The summed E-state index contributed by atoms with van der Waals surface area (Å²) in [6.45, 7) is 6.58. The fourth-order valence-corrected chi connectivity index (χ4v) is 5.36. The lowest BCUT2D eigenvalue weighted by Gasteiger charge is -2.49. The fraction of sp³-hybridized carbons (Fsp3) is 0.833. The van der Waals surface area contributed by atoms with Gasteiger partial charge in [-0.3, -0.25) is 4.48 Å². The molecule has 0 aromatic rings. The average molecular weight is 526 g/mol. The molecular weight excluding hydrogens is 470 g/mol. The molecule has 0 amide bonds. The van der Waals surface area contributed by atoms with Crippen molar-refractivity contribution in [2.45, 2.75) is 155 Å². The number of hydrogen-bond donors (Lipinski definition) is 2. The van der Waals surface area contributed by atoms with E-state index in [9.17, 15) is 29.7 Å². The molecule has 0 bridgehead atoms. The lowest BCUT2D eigenvalue weighted by Crippen LogP contribution is -2.72. The lowest BCUT2D eigenvalue weighted by atomic mass is 10.00. The molecule has 0 spiro atoms. The molecule has 0 aromatic carbocycles. The van der Waals surface area contributed by atoms with E-state index in [4.69, 9.17) is 0 Å². The fourth-order valence-electron chi connectivity index (χ4n) is 5.36. The summed E-state index contributed by atoms with van der Waals surface area (Å²) in [7, 11) is 0. The van der Waals surface area contributed by atoms with Crippen LogP contribution in [0.15, 0.2) is 12.2 Å². The number of nitrogens with zero attached hydrogens (tertiary/aromatic N) is 1. The van der Waals surface area contributed by atoms with Crippen LogP contribution in [0.5, 0.6) is 0 Å². The molecule has 0 radical (unpaired) electrons. The number of aliphatic carboxylic acids is 3. The first-order valence-corrected chi connectivity index (χ1v) is 14.8. The molecule has 3 atom stereocenters. The van der Waals surface area contributed by atoms with Gasteiger partial charge in [-0.15, -0.1) is 0 Å². The van der Waals surface area contributed by atoms with Crippen LogP contribution in [0.1, 0.15) is 137 Å². The minimum absolute atomic E-state index is 0.180. The summed E-state index contributed by atoms with van der Waals surface area (Å²) in [6, 6.07) is -3.56. The minimum atomic E-state index is -1.42. The maximum atomic E-state index is 11.8. The molecule has 0 aliphatic carbocycles. The van der Waals surface area contributed by atoms with E-state index < -0.39 is 40.5 Å². The normalized spacial score (nSPS) is 15.8. The number of hydrogen-bond acceptors (Lipinski definition) is 4. The Kier molecular flexibility index (Phi) is 20.0. The summed E-state index contributed by atoms with van der Waals surface area (Å²) in [5.74, 6) is -3.82. The van der Waals surface area contributed by atoms with Crippen molar-refractivity contribution >= 4 is 17.9 Å². The highest BCUT2D eigenvalue weighted by Crippen LogP contribution is 2.27. The summed E-state index contributed by atoms with van der Waals surface area (Å²) in [6.07, 6.45) is 24.7. The standard InChI is InChI=1S/C30H55NO6/c1-5-6-7-8-9-10-11-12-13-14-15-16-17-18-19-20-21-22-23-24-31(25(2)28(32)33,26(3)29(34)35)27(4)30(36)37/h14-15,25-27H,5-13,16-24H2,1-4H3,(H2-,32,33,34,35,36,37)/b15-14+. The van der Waals surface area contributed by atoms with Crippen molar-refractivity contribution in [1.29, 1.82) is 0 Å². The SMILES string of the molecule is CCCCCCCCCC/C=C/CCCCCCCCC[N+](C(C)C(=O)[O-])(C(C)C(=O)O)C(C)C(=O)O. The predicted octanol–water partition coefficient (Wildman–Crippen LogP) is 6.10. The second-order valence-electron chi connectivity index (χ2n) is 10.7. The van der Waals surface area contributed by atoms with Gasteiger partial charge in [0.15, 0.2) is 12.1 Å². The molecule has 3 unspecified atom stereocenters. The average Bonchev–Trinajstić information content (AvgIpc) is 2.86. The van der Waals surface area contributed by atoms with E-state index in [1.54, 1.807) is 0 Å². The number of carboxylic acids is 3. The molecule has 2 N–H and O–H groups in total. The summed E-state index contributed by atoms with van der Waals surface area (Å²) in [5, 5.41) is 30.9. The van der Waals surface area contributed by atoms with Crippen molar-refractivity contribution in [2.75, 3.05) is 6.54 Å². The van der Waals surface area contributed by atoms with Crippen molar-refractivity contribution in [2.24, 2.45) is 0 Å². The van der Waals surface area contributed by atoms with Crippen molar-refractivity contribution in [3.63, 3.8) is 0 Å². The molecule has 216 valence electrons. The van der Waals surface area contributed by atoms with Gasteiger partial charge >= 0.3 is 11.9 Å². The van der Waals surface area contributed by atoms with Gasteiger partial charge in [0.1, 0.15) is 6.04 Å². The summed E-state index contributed by atoms with van der Waals surface area (Å²) >= 11 is 0. The third-order valence-electron chi connectivity index (χ3n) is 8.03. The Labute approximate surface area is 225 Å². The van der Waals surface area contributed by atoms with Crippen molar-refractivity contribution in [3.8, 4) is 0 Å². The maximum absolute atomic E-state index is 11.8. The van der Waals surface area contributed by atoms with Crippen LogP contribution in [-0.4, -0.2) is 57.3 Å². The Morgan fingerprint density at radius 2 is 0.973 bits per heavy atom. The highest BCUT2D eigenvalue weighted by molar-refractivity contribution is 5.76. The topological polar surface area (TPSA) is 115 Å². The molecule has 0 saturated heterocycles. The molecule has 0 fully saturated rings. The van der Waals surface area contributed by atoms with Gasteiger partial charge in [-0.1, -0.05) is 89.7 Å². The quantitative estimate of drug-likeness (QED) is 0.0846. The van der Waals surface area contributed by atoms with Crippen molar-refractivity contribution in [1.82, 2.24) is 0 Å². The Bertz CT molecular complexity index is 612. The Balaban J connectivity index is 4.17. The molecule has 0 heterocycles. The third kappa shape index (κ3) is 14.0. The highest BCUT2D eigenvalue weighted by atomic mass is 16.4. The number of allylic oxidation sites excluding steroid dienone is 2. The van der Waals surface area contributed by atoms with E-state index >= 15 is 0 Å². The van der Waals surface area contributed by atoms with Crippen LogP contribution in [0.25, 0.3) is 0 Å². The monoisotopic (exact) mass is 525 g/mol. The van der Waals surface area contributed by atoms with E-state index in [1.165, 1.54) is 91.4 Å². The van der Waals surface area contributed by atoms with Crippen LogP contribution in [-0.2, 0) is 14.4 Å². The van der Waals surface area contributed by atoms with Crippen molar-refractivity contribution < 1.29 is 34.2 Å². The molecule has 0 saturated carbocycles. The van der Waals surface area contributed by atoms with E-state index in [1.807, 2.05) is 0 Å². The second kappa shape index (κ2) is 21.1. The smallest absolute Gasteiger partial charge is 0.362 e. The summed E-state index contributed by atoms with van der Waals surface area (Å²) in [4.78, 5) is 35.2. The minimum Gasteiger partial charge on any atom is -0.544 e. The summed E-state index contributed by atoms with van der Waals surface area (Å²) in [5.41, 5.74) is 0. The number of rotatable bonds is 25. The van der Waals surface area contributed by atoms with E-state index in [2.05, 4.69) is 19.1 Å². The zero-order valence-electron chi connectivity index (χ0n) is 24.1. The third-order valence-corrected chi connectivity index (χ3v) is 8.03. The first-order chi connectivity index (χ1) is 17.6. The molecule has 37 heavy (non-hydrogen) atoms. The Morgan fingerprint density at radius 1 is 0.622 bits per heavy atom. The van der Waals surface area contributed by atoms with E-state index in [-0.39, 0.29) is 6.54 Å². The first-order valence-electron chi connectivity index (χ1n) is 14.8. The molecule has 0 aliphatic heterocycles. The number of carboxylic acid groups (broad SMARTS) is 3. The van der Waals surface area contributed by atoms with Crippen LogP contribution in [0.4, 0.5) is 0 Å². The van der Waals surface area contributed by atoms with Crippen LogP contribution >= 0.6 is 0 Å². The van der Waals surface area contributed by atoms with Gasteiger partial charge in [-0.05, 0) is 59.3 Å². The maximum Gasteiger partial charge on any atom is 0.362 e. The van der Waals surface area contributed by atoms with Gasteiger partial charge in [0, 0.05) is 0 Å². The first kappa shape index (κ1) is 35.1. The van der Waals surface area contributed by atoms with E-state index in [0.717, 1.165) is 32.1 Å². The van der Waals surface area contributed by atoms with Crippen molar-refractivity contribution in [3.05, 3.63) is 12.2 Å². The van der Waals surface area contributed by atoms with Gasteiger partial charge in [-0.25, -0.2) is 9.59 Å². The number of unbranched alkanes of at least 4 members (excludes halogenated alkanes) is 15. The van der Waals surface area contributed by atoms with Gasteiger partial charge in [0.25, 0.3) is 0 Å². The van der Waals surface area contributed by atoms with Gasteiger partial charge in [-0.2, -0.15) is 0 Å². The molecular formula is C30H55NO6. The van der Waals surface area contributed by atoms with Gasteiger partial charge in [0.05, 0.1) is 12.5 Å². The molecule has 7 nitrogen and oxygen atoms in total. The zero-order valence-corrected chi connectivity index (χ0v) is 24.1. The van der Waals surface area contributed by atoms with Gasteiger partial charge in [0.2, 0.25) is 0 Å². The zero-order chi connectivity index (χ0) is 28.1. The lowest BCUT2D eigenvalue weighted by molar-refractivity contribution is -0.969. The number of carbonyl (C=O) groups is 3. The second-order valence-corrected chi connectivity index (χ2v) is 10.7. The highest BCUT2D eigenvalue weighted by Gasteiger charge is 2.50. The Hall–Kier alpha value is -1.89. The number of carbonyl (C=O) groups excluding carboxylic acids is 1. The van der Waals surface area contributed by atoms with Crippen LogP contribution in [0.2, 0.25) is 0 Å². The molecule has 0 aromatic heterocycles. The summed E-state index contributed by atoms with van der Waals surface area (Å²) < 4.78 is -0.543. The largest absolute Gasteiger partial charge is 0.544 e. The van der Waals surface area contributed by atoms with Crippen LogP contribution < -0.4 is 5.11 Å². The van der Waals surface area contributed by atoms with E-state index in [0.29, 0.717) is 6.42 Å². The van der Waals surface area contributed by atoms with Gasteiger partial charge < -0.3 is 20.1 Å². The predicted molar refractivity (Wildman–Crippen MR) is 147 cm³/mol. The molecule has 7 heteroatoms.